The molecule has 1 rings (SSSR count). The van der Waals surface area contributed by atoms with E-state index in [1.165, 1.54) is 0 Å². The monoisotopic (exact) mass is 235 g/mol. The zero-order chi connectivity index (χ0) is 12.8. The number of rotatable bonds is 6. The number of benzene rings is 1. The Morgan fingerprint density at radius 1 is 1.47 bits per heavy atom. The molecule has 0 aliphatic carbocycles. The number of carbonyl (C=O) groups is 1. The zero-order valence-corrected chi connectivity index (χ0v) is 10.8. The molecule has 0 aliphatic heterocycles. The van der Waals surface area contributed by atoms with Crippen molar-refractivity contribution in [3.63, 3.8) is 0 Å². The van der Waals surface area contributed by atoms with E-state index in [-0.39, 0.29) is 11.7 Å². The Hall–Kier alpha value is -1.35. The fourth-order valence-corrected chi connectivity index (χ4v) is 1.70. The predicted molar refractivity (Wildman–Crippen MR) is 69.5 cm³/mol. The number of nitrogens with two attached hydrogens (primary N) is 1. The molecular formula is C14H21NO2. The quantitative estimate of drug-likeness (QED) is 0.770. The first-order valence-electron chi connectivity index (χ1n) is 6.02. The average Bonchev–Trinajstić information content (AvgIpc) is 2.37. The van der Waals surface area contributed by atoms with Crippen LogP contribution in [0.25, 0.3) is 0 Å². The third-order valence-electron chi connectivity index (χ3n) is 2.91. The Morgan fingerprint density at radius 3 is 2.71 bits per heavy atom. The van der Waals surface area contributed by atoms with Crippen LogP contribution in [-0.4, -0.2) is 19.4 Å². The normalized spacial score (nSPS) is 12.2. The Bertz CT molecular complexity index is 388. The molecule has 0 saturated heterocycles. The average molecular weight is 235 g/mol. The van der Waals surface area contributed by atoms with Crippen LogP contribution in [-0.2, 0) is 6.42 Å². The summed E-state index contributed by atoms with van der Waals surface area (Å²) in [7, 11) is 1.59. The van der Waals surface area contributed by atoms with Gasteiger partial charge < -0.3 is 10.5 Å². The molecular weight excluding hydrogens is 214 g/mol. The first-order chi connectivity index (χ1) is 8.12. The minimum Gasteiger partial charge on any atom is -0.496 e. The fraction of sp³-hybridized carbons (Fsp3) is 0.500. The minimum absolute atomic E-state index is 0.107. The van der Waals surface area contributed by atoms with Gasteiger partial charge in [0.1, 0.15) is 5.75 Å². The predicted octanol–water partition coefficient (Wildman–Crippen LogP) is 2.43. The number of ether oxygens (including phenoxy) is 1. The number of hydrogen-bond acceptors (Lipinski definition) is 3. The van der Waals surface area contributed by atoms with Crippen molar-refractivity contribution in [3.8, 4) is 5.75 Å². The van der Waals surface area contributed by atoms with Gasteiger partial charge in [-0.15, -0.1) is 0 Å². The lowest BCUT2D eigenvalue weighted by molar-refractivity contribution is 0.0963. The summed E-state index contributed by atoms with van der Waals surface area (Å²) in [6.45, 7) is 4.58. The lowest BCUT2D eigenvalue weighted by Crippen LogP contribution is -2.15. The maximum absolute atomic E-state index is 12.1. The molecule has 0 aliphatic rings. The molecule has 0 bridgehead atoms. The number of methoxy groups -OCH3 is 1. The van der Waals surface area contributed by atoms with Gasteiger partial charge in [0.05, 0.1) is 12.7 Å². The highest BCUT2D eigenvalue weighted by molar-refractivity contribution is 5.99. The van der Waals surface area contributed by atoms with Gasteiger partial charge in [-0.1, -0.05) is 19.9 Å². The minimum atomic E-state index is 0.107. The van der Waals surface area contributed by atoms with Gasteiger partial charge in [0, 0.05) is 6.42 Å². The number of carbonyl (C=O) groups excluding carboxylic acids is 1. The molecule has 0 radical (unpaired) electrons. The van der Waals surface area contributed by atoms with Crippen LogP contribution >= 0.6 is 0 Å². The topological polar surface area (TPSA) is 52.3 Å². The second kappa shape index (κ2) is 6.40. The van der Waals surface area contributed by atoms with Crippen LogP contribution in [0.5, 0.6) is 5.75 Å². The molecule has 0 heterocycles. The highest BCUT2D eigenvalue weighted by Gasteiger charge is 2.15. The van der Waals surface area contributed by atoms with Gasteiger partial charge in [0.25, 0.3) is 0 Å². The van der Waals surface area contributed by atoms with Crippen LogP contribution in [0.3, 0.4) is 0 Å². The SMILES string of the molecule is CCc1ccc(OC)c(C(=O)CC(C)CN)c1. The van der Waals surface area contributed by atoms with Gasteiger partial charge in [-0.3, -0.25) is 4.79 Å². The summed E-state index contributed by atoms with van der Waals surface area (Å²) < 4.78 is 5.23. The van der Waals surface area contributed by atoms with Crippen molar-refractivity contribution in [3.05, 3.63) is 29.3 Å². The summed E-state index contributed by atoms with van der Waals surface area (Å²) >= 11 is 0. The summed E-state index contributed by atoms with van der Waals surface area (Å²) in [5.74, 6) is 0.962. The molecule has 1 aromatic rings. The Kier molecular flexibility index (Phi) is 5.16. The van der Waals surface area contributed by atoms with Crippen LogP contribution in [0, 0.1) is 5.92 Å². The lowest BCUT2D eigenvalue weighted by atomic mass is 9.97. The van der Waals surface area contributed by atoms with Crippen molar-refractivity contribution in [1.82, 2.24) is 0 Å². The summed E-state index contributed by atoms with van der Waals surface area (Å²) in [6.07, 6.45) is 1.39. The van der Waals surface area contributed by atoms with E-state index in [2.05, 4.69) is 6.92 Å². The van der Waals surface area contributed by atoms with Crippen LogP contribution < -0.4 is 10.5 Å². The number of aryl methyl sites for hydroxylation is 1. The molecule has 17 heavy (non-hydrogen) atoms. The van der Waals surface area contributed by atoms with E-state index >= 15 is 0 Å². The maximum Gasteiger partial charge on any atom is 0.166 e. The molecule has 0 fully saturated rings. The standard InChI is InChI=1S/C14H21NO2/c1-4-11-5-6-14(17-3)12(8-11)13(16)7-10(2)9-15/h5-6,8,10H,4,7,9,15H2,1-3H3. The summed E-state index contributed by atoms with van der Waals surface area (Å²) in [4.78, 5) is 12.1. The van der Waals surface area contributed by atoms with Crippen LogP contribution in [0.2, 0.25) is 0 Å². The van der Waals surface area contributed by atoms with E-state index in [9.17, 15) is 4.79 Å². The number of Topliss-reactive ketones (excluding diaryl/α,β-unsaturated/α-hetero) is 1. The highest BCUT2D eigenvalue weighted by atomic mass is 16.5. The van der Waals surface area contributed by atoms with Gasteiger partial charge in [0.2, 0.25) is 0 Å². The molecule has 0 spiro atoms. The Balaban J connectivity index is 2.97. The van der Waals surface area contributed by atoms with Gasteiger partial charge in [0.15, 0.2) is 5.78 Å². The molecule has 0 saturated carbocycles. The van der Waals surface area contributed by atoms with Crippen molar-refractivity contribution in [2.24, 2.45) is 11.7 Å². The van der Waals surface area contributed by atoms with Gasteiger partial charge in [-0.25, -0.2) is 0 Å². The van der Waals surface area contributed by atoms with Crippen molar-refractivity contribution < 1.29 is 9.53 Å². The van der Waals surface area contributed by atoms with Crippen molar-refractivity contribution in [2.75, 3.05) is 13.7 Å². The zero-order valence-electron chi connectivity index (χ0n) is 10.8. The second-order valence-corrected chi connectivity index (χ2v) is 4.36. The van der Waals surface area contributed by atoms with E-state index in [0.717, 1.165) is 12.0 Å². The molecule has 3 heteroatoms. The fourth-order valence-electron chi connectivity index (χ4n) is 1.70. The molecule has 0 amide bonds. The summed E-state index contributed by atoms with van der Waals surface area (Å²) in [6, 6.07) is 5.77. The van der Waals surface area contributed by atoms with E-state index in [1.54, 1.807) is 7.11 Å². The molecule has 1 atom stereocenters. The van der Waals surface area contributed by atoms with Gasteiger partial charge in [-0.05, 0) is 36.6 Å². The first-order valence-corrected chi connectivity index (χ1v) is 6.02. The van der Waals surface area contributed by atoms with Crippen LogP contribution in [0.4, 0.5) is 0 Å². The molecule has 3 nitrogen and oxygen atoms in total. The molecule has 94 valence electrons. The molecule has 2 N–H and O–H groups in total. The largest absolute Gasteiger partial charge is 0.496 e. The summed E-state index contributed by atoms with van der Waals surface area (Å²) in [5, 5.41) is 0. The first kappa shape index (κ1) is 13.7. The number of hydrogen-bond donors (Lipinski definition) is 1. The van der Waals surface area contributed by atoms with Crippen molar-refractivity contribution in [2.45, 2.75) is 26.7 Å². The molecule has 0 aromatic heterocycles. The van der Waals surface area contributed by atoms with Crippen molar-refractivity contribution >= 4 is 5.78 Å². The van der Waals surface area contributed by atoms with Crippen LogP contribution in [0.15, 0.2) is 18.2 Å². The van der Waals surface area contributed by atoms with Gasteiger partial charge in [-0.2, -0.15) is 0 Å². The number of ketones is 1. The summed E-state index contributed by atoms with van der Waals surface area (Å²) in [5.41, 5.74) is 7.36. The molecule has 1 aromatic carbocycles. The Morgan fingerprint density at radius 2 is 2.18 bits per heavy atom. The third-order valence-corrected chi connectivity index (χ3v) is 2.91. The highest BCUT2D eigenvalue weighted by Crippen LogP contribution is 2.23. The van der Waals surface area contributed by atoms with Crippen LogP contribution in [0.1, 0.15) is 36.2 Å². The van der Waals surface area contributed by atoms with Gasteiger partial charge >= 0.3 is 0 Å². The maximum atomic E-state index is 12.1. The second-order valence-electron chi connectivity index (χ2n) is 4.36. The smallest absolute Gasteiger partial charge is 0.166 e. The Labute approximate surface area is 103 Å². The van der Waals surface area contributed by atoms with E-state index in [4.69, 9.17) is 10.5 Å². The lowest BCUT2D eigenvalue weighted by Gasteiger charge is -2.11. The van der Waals surface area contributed by atoms with Crippen molar-refractivity contribution in [1.29, 1.82) is 0 Å². The van der Waals surface area contributed by atoms with E-state index in [1.807, 2.05) is 25.1 Å². The molecule has 1 unspecified atom stereocenters. The van der Waals surface area contributed by atoms with E-state index < -0.39 is 0 Å². The third kappa shape index (κ3) is 3.56. The van der Waals surface area contributed by atoms with E-state index in [0.29, 0.717) is 24.3 Å².